The quantitative estimate of drug-likeness (QED) is 0.321. The van der Waals surface area contributed by atoms with E-state index in [4.69, 9.17) is 4.74 Å². The van der Waals surface area contributed by atoms with Gasteiger partial charge in [-0.05, 0) is 64.8 Å². The minimum absolute atomic E-state index is 0.124. The molecule has 4 aromatic carbocycles. The van der Waals surface area contributed by atoms with Gasteiger partial charge in [-0.3, -0.25) is 4.79 Å². The van der Waals surface area contributed by atoms with Gasteiger partial charge in [0, 0.05) is 16.6 Å². The fourth-order valence-corrected chi connectivity index (χ4v) is 4.31. The third-order valence-electron chi connectivity index (χ3n) is 5.88. The molecule has 0 atom stereocenters. The largest absolute Gasteiger partial charge is 0.497 e. The lowest BCUT2D eigenvalue weighted by molar-refractivity contribution is -0.111. The Morgan fingerprint density at radius 3 is 2.32 bits per heavy atom. The van der Waals surface area contributed by atoms with E-state index in [0.717, 1.165) is 40.8 Å². The van der Waals surface area contributed by atoms with Crippen molar-refractivity contribution in [3.05, 3.63) is 107 Å². The number of benzene rings is 4. The number of nitrogens with one attached hydrogen (secondary N) is 1. The van der Waals surface area contributed by atoms with Gasteiger partial charge in [0.15, 0.2) is 0 Å². The van der Waals surface area contributed by atoms with Gasteiger partial charge in [0.2, 0.25) is 0 Å². The lowest BCUT2D eigenvalue weighted by atomic mass is 10.0. The van der Waals surface area contributed by atoms with Crippen LogP contribution in [0, 0.1) is 0 Å². The smallest absolute Gasteiger partial charge is 0.256 e. The number of ether oxygens (including phenoxy) is 1. The summed E-state index contributed by atoms with van der Waals surface area (Å²) in [5.74, 6) is 0.663. The second-order valence-corrected chi connectivity index (χ2v) is 7.76. The number of methoxy groups -OCH3 is 1. The molecule has 1 N–H and O–H groups in total. The molecule has 1 aliphatic carbocycles. The summed E-state index contributed by atoms with van der Waals surface area (Å²) in [5, 5.41) is 5.58. The fourth-order valence-electron chi connectivity index (χ4n) is 4.31. The number of carbonyl (C=O) groups excluding carboxylic acids is 1. The second-order valence-electron chi connectivity index (χ2n) is 7.76. The first-order chi connectivity index (χ1) is 15.2. The summed E-state index contributed by atoms with van der Waals surface area (Å²) in [6.07, 6.45) is 4.05. The van der Waals surface area contributed by atoms with E-state index >= 15 is 0 Å². The SMILES string of the molecule is COc1ccc(/C=C(/C(=O)Nc2ccc3c4c(cccc24)CC3)c2ccccc2)cc1. The molecule has 0 aliphatic heterocycles. The lowest BCUT2D eigenvalue weighted by Gasteiger charge is -2.13. The summed E-state index contributed by atoms with van der Waals surface area (Å²) in [4.78, 5) is 13.5. The summed E-state index contributed by atoms with van der Waals surface area (Å²) in [6.45, 7) is 0. The van der Waals surface area contributed by atoms with E-state index in [2.05, 4.69) is 29.6 Å². The van der Waals surface area contributed by atoms with Crippen LogP contribution in [0.5, 0.6) is 5.75 Å². The van der Waals surface area contributed by atoms with Gasteiger partial charge in [-0.1, -0.05) is 66.7 Å². The number of carbonyl (C=O) groups is 1. The molecule has 0 unspecified atom stereocenters. The molecule has 31 heavy (non-hydrogen) atoms. The predicted molar refractivity (Wildman–Crippen MR) is 127 cm³/mol. The first-order valence-electron chi connectivity index (χ1n) is 10.5. The molecule has 152 valence electrons. The van der Waals surface area contributed by atoms with Crippen LogP contribution in [0.1, 0.15) is 22.3 Å². The van der Waals surface area contributed by atoms with Crippen LogP contribution in [0.15, 0.2) is 84.9 Å². The molecular weight excluding hydrogens is 382 g/mol. The monoisotopic (exact) mass is 405 g/mol. The van der Waals surface area contributed by atoms with Crippen LogP contribution in [-0.4, -0.2) is 13.0 Å². The number of hydrogen-bond acceptors (Lipinski definition) is 2. The first kappa shape index (κ1) is 19.1. The normalized spacial score (nSPS) is 12.7. The maximum absolute atomic E-state index is 13.5. The zero-order chi connectivity index (χ0) is 21.2. The average Bonchev–Trinajstić information content (AvgIpc) is 3.25. The molecule has 0 saturated heterocycles. The van der Waals surface area contributed by atoms with Crippen molar-refractivity contribution in [2.75, 3.05) is 12.4 Å². The summed E-state index contributed by atoms with van der Waals surface area (Å²) < 4.78 is 5.25. The second kappa shape index (κ2) is 8.11. The Kier molecular flexibility index (Phi) is 5.01. The molecule has 0 aromatic heterocycles. The van der Waals surface area contributed by atoms with Gasteiger partial charge in [0.25, 0.3) is 5.91 Å². The Bertz CT molecular complexity index is 1280. The van der Waals surface area contributed by atoms with Crippen LogP contribution >= 0.6 is 0 Å². The highest BCUT2D eigenvalue weighted by molar-refractivity contribution is 6.30. The van der Waals surface area contributed by atoms with Gasteiger partial charge in [-0.25, -0.2) is 0 Å². The third kappa shape index (κ3) is 3.71. The topological polar surface area (TPSA) is 38.3 Å². The number of rotatable bonds is 5. The Labute approximate surface area is 182 Å². The van der Waals surface area contributed by atoms with Crippen molar-refractivity contribution in [2.45, 2.75) is 12.8 Å². The van der Waals surface area contributed by atoms with Gasteiger partial charge < -0.3 is 10.1 Å². The van der Waals surface area contributed by atoms with E-state index < -0.39 is 0 Å². The highest BCUT2D eigenvalue weighted by Gasteiger charge is 2.18. The van der Waals surface area contributed by atoms with E-state index in [1.54, 1.807) is 7.11 Å². The number of aryl methyl sites for hydroxylation is 2. The van der Waals surface area contributed by atoms with E-state index in [1.165, 1.54) is 16.5 Å². The molecule has 0 spiro atoms. The Morgan fingerprint density at radius 2 is 1.58 bits per heavy atom. The zero-order valence-corrected chi connectivity index (χ0v) is 17.4. The molecule has 5 rings (SSSR count). The summed E-state index contributed by atoms with van der Waals surface area (Å²) in [6, 6.07) is 28.0. The van der Waals surface area contributed by atoms with Crippen LogP contribution in [0.25, 0.3) is 22.4 Å². The molecule has 0 radical (unpaired) electrons. The van der Waals surface area contributed by atoms with Crippen LogP contribution in [-0.2, 0) is 17.6 Å². The number of amides is 1. The van der Waals surface area contributed by atoms with Crippen LogP contribution < -0.4 is 10.1 Å². The average molecular weight is 405 g/mol. The molecule has 0 heterocycles. The van der Waals surface area contributed by atoms with Crippen molar-refractivity contribution in [1.29, 1.82) is 0 Å². The van der Waals surface area contributed by atoms with E-state index in [-0.39, 0.29) is 5.91 Å². The van der Waals surface area contributed by atoms with Crippen LogP contribution in [0.3, 0.4) is 0 Å². The molecule has 4 aromatic rings. The predicted octanol–water partition coefficient (Wildman–Crippen LogP) is 6.13. The summed E-state index contributed by atoms with van der Waals surface area (Å²) in [5.41, 5.74) is 6.01. The maximum atomic E-state index is 13.5. The van der Waals surface area contributed by atoms with Crippen LogP contribution in [0.2, 0.25) is 0 Å². The fraction of sp³-hybridized carbons (Fsp3) is 0.107. The molecule has 3 nitrogen and oxygen atoms in total. The minimum Gasteiger partial charge on any atom is -0.497 e. The number of anilines is 1. The summed E-state index contributed by atoms with van der Waals surface area (Å²) in [7, 11) is 1.64. The Morgan fingerprint density at radius 1 is 0.839 bits per heavy atom. The molecular formula is C28H23NO2. The van der Waals surface area contributed by atoms with Gasteiger partial charge >= 0.3 is 0 Å². The minimum atomic E-state index is -0.124. The lowest BCUT2D eigenvalue weighted by Crippen LogP contribution is -2.14. The number of hydrogen-bond donors (Lipinski definition) is 1. The van der Waals surface area contributed by atoms with Gasteiger partial charge in [-0.15, -0.1) is 0 Å². The van der Waals surface area contributed by atoms with Gasteiger partial charge in [-0.2, -0.15) is 0 Å². The van der Waals surface area contributed by atoms with Crippen molar-refractivity contribution < 1.29 is 9.53 Å². The molecule has 0 fully saturated rings. The van der Waals surface area contributed by atoms with Crippen LogP contribution in [0.4, 0.5) is 5.69 Å². The molecule has 0 bridgehead atoms. The van der Waals surface area contributed by atoms with Crippen molar-refractivity contribution in [1.82, 2.24) is 0 Å². The van der Waals surface area contributed by atoms with Crippen molar-refractivity contribution in [3.8, 4) is 5.75 Å². The van der Waals surface area contributed by atoms with Gasteiger partial charge in [0.05, 0.1) is 7.11 Å². The van der Waals surface area contributed by atoms with E-state index in [1.807, 2.05) is 66.7 Å². The molecule has 1 aliphatic rings. The zero-order valence-electron chi connectivity index (χ0n) is 17.4. The highest BCUT2D eigenvalue weighted by atomic mass is 16.5. The van der Waals surface area contributed by atoms with Crippen molar-refractivity contribution in [2.24, 2.45) is 0 Å². The first-order valence-corrected chi connectivity index (χ1v) is 10.5. The summed E-state index contributed by atoms with van der Waals surface area (Å²) >= 11 is 0. The third-order valence-corrected chi connectivity index (χ3v) is 5.88. The van der Waals surface area contributed by atoms with Crippen molar-refractivity contribution in [3.63, 3.8) is 0 Å². The van der Waals surface area contributed by atoms with Gasteiger partial charge in [0.1, 0.15) is 5.75 Å². The standard InChI is InChI=1S/C28H23NO2/c1-31-23-15-10-19(11-16-23)18-25(20-6-3-2-4-7-20)28(30)29-26-17-14-22-13-12-21-8-5-9-24(26)27(21)22/h2-11,14-18H,12-13H2,1H3,(H,29,30)/b25-18+. The Hall–Kier alpha value is -3.85. The molecule has 3 heteroatoms. The maximum Gasteiger partial charge on any atom is 0.256 e. The van der Waals surface area contributed by atoms with E-state index in [0.29, 0.717) is 5.57 Å². The van der Waals surface area contributed by atoms with E-state index in [9.17, 15) is 4.79 Å². The van der Waals surface area contributed by atoms with Crippen molar-refractivity contribution >= 4 is 34.0 Å². The highest BCUT2D eigenvalue weighted by Crippen LogP contribution is 2.35. The molecule has 1 amide bonds. The Balaban J connectivity index is 1.54. The molecule has 0 saturated carbocycles.